The van der Waals surface area contributed by atoms with Crippen LogP contribution in [0.3, 0.4) is 0 Å². The van der Waals surface area contributed by atoms with Crippen molar-refractivity contribution in [1.82, 2.24) is 4.90 Å². The number of carboxylic acid groups (broad SMARTS) is 1. The summed E-state index contributed by atoms with van der Waals surface area (Å²) in [6.07, 6.45) is 2.32. The molecule has 0 spiro atoms. The Morgan fingerprint density at radius 1 is 1.12 bits per heavy atom. The van der Waals surface area contributed by atoms with Crippen LogP contribution in [0.5, 0.6) is 5.75 Å². The zero-order chi connectivity index (χ0) is 17.8. The highest BCUT2D eigenvalue weighted by Gasteiger charge is 2.32. The van der Waals surface area contributed by atoms with Gasteiger partial charge in [-0.3, -0.25) is 4.79 Å². The van der Waals surface area contributed by atoms with E-state index in [4.69, 9.17) is 9.84 Å². The van der Waals surface area contributed by atoms with Crippen LogP contribution in [-0.2, 0) is 17.8 Å². The van der Waals surface area contributed by atoms with Gasteiger partial charge in [0.15, 0.2) is 0 Å². The quantitative estimate of drug-likeness (QED) is 0.841. The van der Waals surface area contributed by atoms with Crippen LogP contribution < -0.4 is 4.74 Å². The molecule has 2 aromatic carbocycles. The van der Waals surface area contributed by atoms with Crippen LogP contribution in [0.15, 0.2) is 48.5 Å². The van der Waals surface area contributed by atoms with Gasteiger partial charge < -0.3 is 14.7 Å². The van der Waals surface area contributed by atoms with Gasteiger partial charge in [0.1, 0.15) is 5.75 Å². The van der Waals surface area contributed by atoms with E-state index in [-0.39, 0.29) is 23.9 Å². The molecule has 0 heterocycles. The van der Waals surface area contributed by atoms with Crippen molar-refractivity contribution in [3.05, 3.63) is 65.2 Å². The summed E-state index contributed by atoms with van der Waals surface area (Å²) in [6.45, 7) is 0.528. The molecule has 5 nitrogen and oxygen atoms in total. The van der Waals surface area contributed by atoms with Crippen molar-refractivity contribution in [3.8, 4) is 5.75 Å². The zero-order valence-electron chi connectivity index (χ0n) is 14.1. The average Bonchev–Trinajstić information content (AvgIpc) is 3.45. The van der Waals surface area contributed by atoms with E-state index in [1.807, 2.05) is 29.2 Å². The number of benzene rings is 2. The van der Waals surface area contributed by atoms with Gasteiger partial charge in [-0.25, -0.2) is 4.79 Å². The van der Waals surface area contributed by atoms with E-state index >= 15 is 0 Å². The minimum absolute atomic E-state index is 0.0523. The monoisotopic (exact) mass is 339 g/mol. The van der Waals surface area contributed by atoms with E-state index in [0.717, 1.165) is 29.7 Å². The molecule has 0 aliphatic heterocycles. The molecule has 5 heteroatoms. The van der Waals surface area contributed by atoms with Gasteiger partial charge in [0.25, 0.3) is 0 Å². The summed E-state index contributed by atoms with van der Waals surface area (Å²) in [7, 11) is 1.63. The fourth-order valence-corrected chi connectivity index (χ4v) is 2.87. The smallest absolute Gasteiger partial charge is 0.335 e. The van der Waals surface area contributed by atoms with Gasteiger partial charge in [-0.1, -0.05) is 30.3 Å². The summed E-state index contributed by atoms with van der Waals surface area (Å²) >= 11 is 0. The van der Waals surface area contributed by atoms with Crippen LogP contribution in [0, 0.1) is 0 Å². The Balaban J connectivity index is 1.72. The molecule has 0 unspecified atom stereocenters. The topological polar surface area (TPSA) is 66.8 Å². The van der Waals surface area contributed by atoms with Crippen molar-refractivity contribution in [1.29, 1.82) is 0 Å². The fraction of sp³-hybridized carbons (Fsp3) is 0.300. The maximum Gasteiger partial charge on any atom is 0.335 e. The molecular formula is C20H21NO4. The lowest BCUT2D eigenvalue weighted by Gasteiger charge is -2.23. The molecule has 3 rings (SSSR count). The van der Waals surface area contributed by atoms with Crippen LogP contribution in [-0.4, -0.2) is 35.0 Å². The van der Waals surface area contributed by atoms with E-state index in [1.165, 1.54) is 12.1 Å². The third-order valence-electron chi connectivity index (χ3n) is 4.40. The molecular weight excluding hydrogens is 318 g/mol. The van der Waals surface area contributed by atoms with Gasteiger partial charge in [0, 0.05) is 18.2 Å². The first-order valence-corrected chi connectivity index (χ1v) is 8.32. The Morgan fingerprint density at radius 3 is 2.40 bits per heavy atom. The molecule has 1 N–H and O–H groups in total. The summed E-state index contributed by atoms with van der Waals surface area (Å²) < 4.78 is 5.39. The number of ether oxygens (including phenoxy) is 1. The third-order valence-corrected chi connectivity index (χ3v) is 4.40. The third kappa shape index (κ3) is 4.18. The number of carbonyl (C=O) groups is 2. The van der Waals surface area contributed by atoms with Gasteiger partial charge >= 0.3 is 5.97 Å². The minimum atomic E-state index is -0.964. The van der Waals surface area contributed by atoms with E-state index < -0.39 is 5.97 Å². The lowest BCUT2D eigenvalue weighted by atomic mass is 10.1. The van der Waals surface area contributed by atoms with Crippen LogP contribution in [0.1, 0.15) is 34.3 Å². The molecule has 1 aliphatic carbocycles. The van der Waals surface area contributed by atoms with Crippen LogP contribution in [0.2, 0.25) is 0 Å². The largest absolute Gasteiger partial charge is 0.496 e. The highest BCUT2D eigenvalue weighted by molar-refractivity contribution is 5.87. The van der Waals surface area contributed by atoms with E-state index in [1.54, 1.807) is 19.2 Å². The molecule has 130 valence electrons. The van der Waals surface area contributed by atoms with Crippen molar-refractivity contribution < 1.29 is 19.4 Å². The van der Waals surface area contributed by atoms with Crippen molar-refractivity contribution in [2.45, 2.75) is 31.8 Å². The fourth-order valence-electron chi connectivity index (χ4n) is 2.87. The Kier molecular flexibility index (Phi) is 5.03. The summed E-state index contributed by atoms with van der Waals surface area (Å²) in [6, 6.07) is 14.5. The normalized spacial score (nSPS) is 13.3. The second-order valence-electron chi connectivity index (χ2n) is 6.24. The number of nitrogens with zero attached hydrogens (tertiary/aromatic N) is 1. The summed E-state index contributed by atoms with van der Waals surface area (Å²) in [5.41, 5.74) is 2.04. The number of para-hydroxylation sites is 1. The number of methoxy groups -OCH3 is 1. The number of carbonyl (C=O) groups excluding carboxylic acids is 1. The van der Waals surface area contributed by atoms with Gasteiger partial charge in [-0.05, 0) is 36.6 Å². The number of amides is 1. The molecule has 0 radical (unpaired) electrons. The Morgan fingerprint density at radius 2 is 1.80 bits per heavy atom. The van der Waals surface area contributed by atoms with Crippen LogP contribution in [0.25, 0.3) is 0 Å². The Labute approximate surface area is 146 Å². The standard InChI is InChI=1S/C20H21NO4/c1-25-18-5-3-2-4-16(18)13-21(17-10-11-17)19(22)12-14-6-8-15(9-7-14)20(23)24/h2-9,17H,10-13H2,1H3,(H,23,24). The molecule has 25 heavy (non-hydrogen) atoms. The molecule has 2 aromatic rings. The Hall–Kier alpha value is -2.82. The molecule has 1 fully saturated rings. The summed E-state index contributed by atoms with van der Waals surface area (Å²) in [4.78, 5) is 25.6. The van der Waals surface area contributed by atoms with Crippen molar-refractivity contribution in [2.75, 3.05) is 7.11 Å². The van der Waals surface area contributed by atoms with Gasteiger partial charge in [0.2, 0.25) is 5.91 Å². The first-order valence-electron chi connectivity index (χ1n) is 8.32. The van der Waals surface area contributed by atoms with E-state index in [9.17, 15) is 9.59 Å². The number of hydrogen-bond donors (Lipinski definition) is 1. The first-order chi connectivity index (χ1) is 12.1. The van der Waals surface area contributed by atoms with Crippen LogP contribution in [0.4, 0.5) is 0 Å². The van der Waals surface area contributed by atoms with E-state index in [0.29, 0.717) is 6.54 Å². The summed E-state index contributed by atoms with van der Waals surface area (Å²) in [5.74, 6) is -0.128. The predicted molar refractivity (Wildman–Crippen MR) is 93.7 cm³/mol. The second kappa shape index (κ2) is 7.38. The van der Waals surface area contributed by atoms with Gasteiger partial charge in [-0.2, -0.15) is 0 Å². The van der Waals surface area contributed by atoms with Crippen molar-refractivity contribution in [3.63, 3.8) is 0 Å². The maximum atomic E-state index is 12.8. The lowest BCUT2D eigenvalue weighted by Crippen LogP contribution is -2.34. The Bertz CT molecular complexity index is 766. The average molecular weight is 339 g/mol. The zero-order valence-corrected chi connectivity index (χ0v) is 14.1. The minimum Gasteiger partial charge on any atom is -0.496 e. The SMILES string of the molecule is COc1ccccc1CN(C(=O)Cc1ccc(C(=O)O)cc1)C1CC1. The van der Waals surface area contributed by atoms with Crippen molar-refractivity contribution in [2.24, 2.45) is 0 Å². The maximum absolute atomic E-state index is 12.8. The highest BCUT2D eigenvalue weighted by Crippen LogP contribution is 2.31. The molecule has 0 saturated heterocycles. The van der Waals surface area contributed by atoms with Gasteiger partial charge in [-0.15, -0.1) is 0 Å². The second-order valence-corrected chi connectivity index (χ2v) is 6.24. The number of hydrogen-bond acceptors (Lipinski definition) is 3. The number of carboxylic acids is 1. The van der Waals surface area contributed by atoms with Gasteiger partial charge in [0.05, 0.1) is 19.1 Å². The molecule has 0 atom stereocenters. The molecule has 1 aliphatic rings. The predicted octanol–water partition coefficient (Wildman–Crippen LogP) is 3.13. The number of aromatic carboxylic acids is 1. The van der Waals surface area contributed by atoms with Crippen molar-refractivity contribution >= 4 is 11.9 Å². The van der Waals surface area contributed by atoms with Crippen LogP contribution >= 0.6 is 0 Å². The first kappa shape index (κ1) is 17.0. The van der Waals surface area contributed by atoms with E-state index in [2.05, 4.69) is 0 Å². The summed E-state index contributed by atoms with van der Waals surface area (Å²) in [5, 5.41) is 8.95. The molecule has 1 amide bonds. The lowest BCUT2D eigenvalue weighted by molar-refractivity contribution is -0.131. The molecule has 1 saturated carbocycles. The number of rotatable bonds is 7. The molecule has 0 bridgehead atoms. The highest BCUT2D eigenvalue weighted by atomic mass is 16.5. The molecule has 0 aromatic heterocycles.